The van der Waals surface area contributed by atoms with E-state index < -0.39 is 0 Å². The highest BCUT2D eigenvalue weighted by molar-refractivity contribution is 5.29. The lowest BCUT2D eigenvalue weighted by Gasteiger charge is -2.20. The lowest BCUT2D eigenvalue weighted by atomic mass is 10.1. The third kappa shape index (κ3) is 1.85. The third-order valence-electron chi connectivity index (χ3n) is 3.33. The molecule has 2 atom stereocenters. The van der Waals surface area contributed by atoms with E-state index in [4.69, 9.17) is 4.52 Å². The van der Waals surface area contributed by atoms with E-state index >= 15 is 0 Å². The molecule has 4 heteroatoms. The van der Waals surface area contributed by atoms with E-state index in [1.807, 2.05) is 0 Å². The molecule has 0 saturated carbocycles. The van der Waals surface area contributed by atoms with Crippen molar-refractivity contribution >= 4 is 6.01 Å². The lowest BCUT2D eigenvalue weighted by Crippen LogP contribution is -2.29. The molecule has 2 unspecified atom stereocenters. The Bertz CT molecular complexity index is 334. The monoisotopic (exact) mass is 209 g/mol. The first-order valence-corrected chi connectivity index (χ1v) is 5.70. The minimum Gasteiger partial charge on any atom is -0.321 e. The van der Waals surface area contributed by atoms with E-state index in [0.29, 0.717) is 23.9 Å². The summed E-state index contributed by atoms with van der Waals surface area (Å²) in [7, 11) is 0. The minimum atomic E-state index is 0.331. The molecule has 84 valence electrons. The van der Waals surface area contributed by atoms with E-state index in [2.05, 4.69) is 42.7 Å². The number of nitrogens with zero attached hydrogens (tertiary/aromatic N) is 3. The van der Waals surface area contributed by atoms with Gasteiger partial charge in [0.25, 0.3) is 0 Å². The number of hydrogen-bond acceptors (Lipinski definition) is 4. The summed E-state index contributed by atoms with van der Waals surface area (Å²) in [5, 5.41) is 3.99. The van der Waals surface area contributed by atoms with Crippen LogP contribution in [0.5, 0.6) is 0 Å². The first kappa shape index (κ1) is 10.5. The Morgan fingerprint density at radius 1 is 1.40 bits per heavy atom. The van der Waals surface area contributed by atoms with Crippen molar-refractivity contribution in [1.82, 2.24) is 10.1 Å². The zero-order chi connectivity index (χ0) is 11.0. The van der Waals surface area contributed by atoms with Gasteiger partial charge in [0, 0.05) is 18.5 Å². The molecule has 0 bridgehead atoms. The van der Waals surface area contributed by atoms with Crippen molar-refractivity contribution in [2.75, 3.05) is 11.4 Å². The standard InChI is InChI=1S/C11H19N3O/c1-7(2)10-12-11(15-13-10)14-6-5-8(3)9(14)4/h7-9H,5-6H2,1-4H3. The zero-order valence-electron chi connectivity index (χ0n) is 9.90. The average Bonchev–Trinajstić information content (AvgIpc) is 2.76. The smallest absolute Gasteiger partial charge is 0.321 e. The summed E-state index contributed by atoms with van der Waals surface area (Å²) in [6.45, 7) is 9.67. The normalized spacial score (nSPS) is 26.6. The topological polar surface area (TPSA) is 42.2 Å². The summed E-state index contributed by atoms with van der Waals surface area (Å²) < 4.78 is 5.29. The maximum absolute atomic E-state index is 5.29. The predicted molar refractivity (Wildman–Crippen MR) is 59.0 cm³/mol. The highest BCUT2D eigenvalue weighted by Crippen LogP contribution is 2.28. The summed E-state index contributed by atoms with van der Waals surface area (Å²) >= 11 is 0. The largest absolute Gasteiger partial charge is 0.324 e. The van der Waals surface area contributed by atoms with Crippen molar-refractivity contribution in [3.63, 3.8) is 0 Å². The van der Waals surface area contributed by atoms with Crippen molar-refractivity contribution < 1.29 is 4.52 Å². The molecule has 15 heavy (non-hydrogen) atoms. The Balaban J connectivity index is 2.16. The van der Waals surface area contributed by atoms with E-state index in [0.717, 1.165) is 12.4 Å². The summed E-state index contributed by atoms with van der Waals surface area (Å²) in [6.07, 6.45) is 1.21. The Morgan fingerprint density at radius 3 is 2.60 bits per heavy atom. The molecular formula is C11H19N3O. The number of aromatic nitrogens is 2. The molecular weight excluding hydrogens is 190 g/mol. The molecule has 1 aliphatic heterocycles. The quantitative estimate of drug-likeness (QED) is 0.750. The summed E-state index contributed by atoms with van der Waals surface area (Å²) in [5.41, 5.74) is 0. The Morgan fingerprint density at radius 2 is 2.13 bits per heavy atom. The van der Waals surface area contributed by atoms with Gasteiger partial charge >= 0.3 is 6.01 Å². The molecule has 0 N–H and O–H groups in total. The van der Waals surface area contributed by atoms with Gasteiger partial charge in [-0.3, -0.25) is 0 Å². The van der Waals surface area contributed by atoms with Crippen molar-refractivity contribution in [3.05, 3.63) is 5.82 Å². The van der Waals surface area contributed by atoms with Gasteiger partial charge in [-0.25, -0.2) is 0 Å². The fraction of sp³-hybridized carbons (Fsp3) is 0.818. The van der Waals surface area contributed by atoms with Crippen LogP contribution < -0.4 is 4.90 Å². The Labute approximate surface area is 90.7 Å². The van der Waals surface area contributed by atoms with Crippen LogP contribution in [0, 0.1) is 5.92 Å². The van der Waals surface area contributed by atoms with Gasteiger partial charge in [0.1, 0.15) is 0 Å². The zero-order valence-corrected chi connectivity index (χ0v) is 9.90. The van der Waals surface area contributed by atoms with Crippen molar-refractivity contribution in [2.45, 2.75) is 46.1 Å². The number of anilines is 1. The lowest BCUT2D eigenvalue weighted by molar-refractivity contribution is 0.398. The van der Waals surface area contributed by atoms with Crippen LogP contribution in [0.3, 0.4) is 0 Å². The van der Waals surface area contributed by atoms with Crippen molar-refractivity contribution in [1.29, 1.82) is 0 Å². The third-order valence-corrected chi connectivity index (χ3v) is 3.33. The fourth-order valence-electron chi connectivity index (χ4n) is 1.94. The second-order valence-electron chi connectivity index (χ2n) is 4.79. The van der Waals surface area contributed by atoms with Crippen LogP contribution in [-0.4, -0.2) is 22.7 Å². The van der Waals surface area contributed by atoms with Gasteiger partial charge in [-0.15, -0.1) is 0 Å². The predicted octanol–water partition coefficient (Wildman–Crippen LogP) is 2.43. The van der Waals surface area contributed by atoms with E-state index in [9.17, 15) is 0 Å². The molecule has 0 aliphatic carbocycles. The summed E-state index contributed by atoms with van der Waals surface area (Å²) in [6, 6.07) is 1.20. The first-order valence-electron chi connectivity index (χ1n) is 5.70. The molecule has 0 amide bonds. The van der Waals surface area contributed by atoms with Gasteiger partial charge in [0.2, 0.25) is 0 Å². The highest BCUT2D eigenvalue weighted by Gasteiger charge is 2.31. The Kier molecular flexibility index (Phi) is 2.67. The fourth-order valence-corrected chi connectivity index (χ4v) is 1.94. The summed E-state index contributed by atoms with van der Waals surface area (Å²) in [5.74, 6) is 1.84. The molecule has 1 aliphatic rings. The number of rotatable bonds is 2. The maximum atomic E-state index is 5.29. The second-order valence-corrected chi connectivity index (χ2v) is 4.79. The van der Waals surface area contributed by atoms with Crippen LogP contribution in [0.25, 0.3) is 0 Å². The molecule has 2 heterocycles. The van der Waals surface area contributed by atoms with Gasteiger partial charge in [0.05, 0.1) is 0 Å². The van der Waals surface area contributed by atoms with Crippen LogP contribution in [-0.2, 0) is 0 Å². The first-order chi connectivity index (χ1) is 7.09. The van der Waals surface area contributed by atoms with Crippen LogP contribution in [0.15, 0.2) is 4.52 Å². The van der Waals surface area contributed by atoms with E-state index in [-0.39, 0.29) is 0 Å². The molecule has 1 fully saturated rings. The van der Waals surface area contributed by atoms with Crippen LogP contribution >= 0.6 is 0 Å². The van der Waals surface area contributed by atoms with Gasteiger partial charge in [-0.1, -0.05) is 25.9 Å². The number of hydrogen-bond donors (Lipinski definition) is 0. The SMILES string of the molecule is CC(C)c1noc(N2CCC(C)C2C)n1. The van der Waals surface area contributed by atoms with Gasteiger partial charge in [0.15, 0.2) is 5.82 Å². The van der Waals surface area contributed by atoms with Gasteiger partial charge in [-0.05, 0) is 19.3 Å². The van der Waals surface area contributed by atoms with Crippen molar-refractivity contribution in [3.8, 4) is 0 Å². The summed E-state index contributed by atoms with van der Waals surface area (Å²) in [4.78, 5) is 6.64. The molecule has 4 nitrogen and oxygen atoms in total. The highest BCUT2D eigenvalue weighted by atomic mass is 16.5. The molecule has 0 aromatic carbocycles. The molecule has 1 aromatic rings. The van der Waals surface area contributed by atoms with E-state index in [1.165, 1.54) is 6.42 Å². The molecule has 2 rings (SSSR count). The van der Waals surface area contributed by atoms with Crippen LogP contribution in [0.1, 0.15) is 45.9 Å². The second kappa shape index (κ2) is 3.83. The molecule has 1 saturated heterocycles. The van der Waals surface area contributed by atoms with E-state index in [1.54, 1.807) is 0 Å². The maximum Gasteiger partial charge on any atom is 0.324 e. The van der Waals surface area contributed by atoms with Crippen LogP contribution in [0.2, 0.25) is 0 Å². The minimum absolute atomic E-state index is 0.331. The molecule has 0 radical (unpaired) electrons. The Hall–Kier alpha value is -1.06. The average molecular weight is 209 g/mol. The molecule has 1 aromatic heterocycles. The van der Waals surface area contributed by atoms with Crippen molar-refractivity contribution in [2.24, 2.45) is 5.92 Å². The van der Waals surface area contributed by atoms with Gasteiger partial charge < -0.3 is 9.42 Å². The van der Waals surface area contributed by atoms with Crippen LogP contribution in [0.4, 0.5) is 6.01 Å². The molecule has 0 spiro atoms. The van der Waals surface area contributed by atoms with Gasteiger partial charge in [-0.2, -0.15) is 4.98 Å².